The fourth-order valence-corrected chi connectivity index (χ4v) is 3.95. The number of methoxy groups -OCH3 is 1. The number of ether oxygens (including phenoxy) is 2. The van der Waals surface area contributed by atoms with E-state index < -0.39 is 0 Å². The second-order valence-corrected chi connectivity index (χ2v) is 6.36. The van der Waals surface area contributed by atoms with Crippen molar-refractivity contribution in [2.75, 3.05) is 20.3 Å². The zero-order chi connectivity index (χ0) is 15.8. The van der Waals surface area contributed by atoms with Gasteiger partial charge in [-0.05, 0) is 18.6 Å². The molecule has 1 amide bonds. The number of nitrogens with one attached hydrogen (secondary N) is 1. The summed E-state index contributed by atoms with van der Waals surface area (Å²) in [6, 6.07) is 5.98. The Morgan fingerprint density at radius 3 is 3.30 bits per heavy atom. The van der Waals surface area contributed by atoms with Gasteiger partial charge in [-0.3, -0.25) is 4.79 Å². The van der Waals surface area contributed by atoms with Crippen molar-refractivity contribution < 1.29 is 14.3 Å². The molecule has 2 aliphatic rings. The van der Waals surface area contributed by atoms with Crippen LogP contribution in [0.3, 0.4) is 0 Å². The number of hydrogen-bond donors (Lipinski definition) is 1. The first-order valence-electron chi connectivity index (χ1n) is 8.09. The lowest BCUT2D eigenvalue weighted by atomic mass is 9.67. The molecular weight excluding hydrogens is 294 g/mol. The second-order valence-electron chi connectivity index (χ2n) is 6.36. The molecule has 4 atom stereocenters. The van der Waals surface area contributed by atoms with Crippen molar-refractivity contribution in [3.8, 4) is 0 Å². The van der Waals surface area contributed by atoms with Gasteiger partial charge in [-0.2, -0.15) is 0 Å². The predicted octanol–water partition coefficient (Wildman–Crippen LogP) is 1.04. The molecule has 0 radical (unpaired) electrons. The summed E-state index contributed by atoms with van der Waals surface area (Å²) in [5.41, 5.74) is 1.76. The molecule has 23 heavy (non-hydrogen) atoms. The molecule has 0 bridgehead atoms. The topological polar surface area (TPSA) is 64.9 Å². The van der Waals surface area contributed by atoms with Gasteiger partial charge in [0.1, 0.15) is 5.65 Å². The number of pyridine rings is 1. The Kier molecular flexibility index (Phi) is 3.79. The minimum atomic E-state index is 0.0344. The number of fused-ring (bicyclic) bond motifs is 2. The standard InChI is InChI=1S/C17H21N3O3/c1-22-10-13-16(12-5-7-23-17(12)13)19-15(21)8-11-9-18-14-4-2-3-6-20(11)14/h2-4,6,9,12-13,16-17H,5,7-8,10H2,1H3,(H,19,21)/t12-,13+,16+,17-/m0/s1. The van der Waals surface area contributed by atoms with Crippen LogP contribution in [0.15, 0.2) is 30.6 Å². The summed E-state index contributed by atoms with van der Waals surface area (Å²) in [5.74, 6) is 0.729. The molecule has 4 rings (SSSR count). The largest absolute Gasteiger partial charge is 0.384 e. The maximum absolute atomic E-state index is 12.5. The number of amides is 1. The van der Waals surface area contributed by atoms with E-state index in [4.69, 9.17) is 9.47 Å². The highest BCUT2D eigenvalue weighted by Gasteiger charge is 2.54. The van der Waals surface area contributed by atoms with Gasteiger partial charge in [0.2, 0.25) is 5.91 Å². The lowest BCUT2D eigenvalue weighted by molar-refractivity contribution is -0.129. The Balaban J connectivity index is 1.43. The number of hydrogen-bond acceptors (Lipinski definition) is 4. The van der Waals surface area contributed by atoms with Crippen molar-refractivity contribution >= 4 is 11.6 Å². The van der Waals surface area contributed by atoms with Crippen molar-refractivity contribution in [2.45, 2.75) is 25.0 Å². The first-order chi connectivity index (χ1) is 11.3. The maximum Gasteiger partial charge on any atom is 0.226 e. The minimum absolute atomic E-state index is 0.0344. The zero-order valence-electron chi connectivity index (χ0n) is 13.1. The number of carbonyl (C=O) groups excluding carboxylic acids is 1. The van der Waals surface area contributed by atoms with Crippen LogP contribution in [0.5, 0.6) is 0 Å². The van der Waals surface area contributed by atoms with Crippen molar-refractivity contribution in [1.29, 1.82) is 0 Å². The fraction of sp³-hybridized carbons (Fsp3) is 0.529. The summed E-state index contributed by atoms with van der Waals surface area (Å²) in [5, 5.41) is 3.19. The third-order valence-electron chi connectivity index (χ3n) is 5.05. The van der Waals surface area contributed by atoms with Crippen molar-refractivity contribution in [3.63, 3.8) is 0 Å². The highest BCUT2D eigenvalue weighted by atomic mass is 16.5. The van der Waals surface area contributed by atoms with Crippen LogP contribution in [0.25, 0.3) is 5.65 Å². The van der Waals surface area contributed by atoms with Crippen LogP contribution in [-0.2, 0) is 20.7 Å². The third kappa shape index (κ3) is 2.52. The number of carbonyl (C=O) groups is 1. The number of imidazole rings is 1. The lowest BCUT2D eigenvalue weighted by Gasteiger charge is -2.47. The monoisotopic (exact) mass is 315 g/mol. The van der Waals surface area contributed by atoms with E-state index in [1.165, 1.54) is 0 Å². The smallest absolute Gasteiger partial charge is 0.226 e. The Morgan fingerprint density at radius 2 is 2.43 bits per heavy atom. The van der Waals surface area contributed by atoms with Crippen LogP contribution in [-0.4, -0.2) is 47.8 Å². The molecule has 2 aromatic heterocycles. The van der Waals surface area contributed by atoms with Crippen LogP contribution in [0.1, 0.15) is 12.1 Å². The van der Waals surface area contributed by atoms with Crippen LogP contribution >= 0.6 is 0 Å². The van der Waals surface area contributed by atoms with E-state index in [0.717, 1.165) is 24.4 Å². The van der Waals surface area contributed by atoms with Gasteiger partial charge in [-0.1, -0.05) is 6.07 Å². The molecule has 1 saturated carbocycles. The normalized spacial score (nSPS) is 29.3. The molecule has 1 N–H and O–H groups in total. The molecule has 0 unspecified atom stereocenters. The fourth-order valence-electron chi connectivity index (χ4n) is 3.95. The van der Waals surface area contributed by atoms with Crippen LogP contribution < -0.4 is 5.32 Å². The first kappa shape index (κ1) is 14.7. The molecule has 0 aromatic carbocycles. The van der Waals surface area contributed by atoms with Gasteiger partial charge < -0.3 is 19.2 Å². The highest BCUT2D eigenvalue weighted by Crippen LogP contribution is 2.43. The van der Waals surface area contributed by atoms with E-state index in [1.54, 1.807) is 13.3 Å². The highest BCUT2D eigenvalue weighted by molar-refractivity contribution is 5.79. The molecule has 3 heterocycles. The molecule has 2 fully saturated rings. The average molecular weight is 315 g/mol. The Hall–Kier alpha value is -1.92. The summed E-state index contributed by atoms with van der Waals surface area (Å²) < 4.78 is 13.0. The van der Waals surface area contributed by atoms with E-state index in [1.807, 2.05) is 28.8 Å². The van der Waals surface area contributed by atoms with Gasteiger partial charge >= 0.3 is 0 Å². The average Bonchev–Trinajstić information content (AvgIpc) is 3.16. The molecular formula is C17H21N3O3. The molecule has 6 heteroatoms. The summed E-state index contributed by atoms with van der Waals surface area (Å²) in [4.78, 5) is 16.8. The summed E-state index contributed by atoms with van der Waals surface area (Å²) in [6.45, 7) is 1.41. The third-order valence-corrected chi connectivity index (χ3v) is 5.05. The Labute approximate surface area is 134 Å². The summed E-state index contributed by atoms with van der Waals surface area (Å²) in [6.07, 6.45) is 5.30. The molecule has 1 aliphatic carbocycles. The molecule has 122 valence electrons. The van der Waals surface area contributed by atoms with E-state index in [0.29, 0.717) is 18.9 Å². The van der Waals surface area contributed by atoms with Crippen LogP contribution in [0.4, 0.5) is 0 Å². The van der Waals surface area contributed by atoms with Crippen LogP contribution in [0, 0.1) is 11.8 Å². The zero-order valence-corrected chi connectivity index (χ0v) is 13.1. The number of nitrogens with zero attached hydrogens (tertiary/aromatic N) is 2. The van der Waals surface area contributed by atoms with Crippen molar-refractivity contribution in [2.24, 2.45) is 11.8 Å². The lowest BCUT2D eigenvalue weighted by Crippen LogP contribution is -2.63. The van der Waals surface area contributed by atoms with Gasteiger partial charge in [-0.15, -0.1) is 0 Å². The van der Waals surface area contributed by atoms with Gasteiger partial charge in [0.25, 0.3) is 0 Å². The molecule has 0 spiro atoms. The van der Waals surface area contributed by atoms with Gasteiger partial charge in [0, 0.05) is 44.0 Å². The van der Waals surface area contributed by atoms with Crippen molar-refractivity contribution in [1.82, 2.24) is 14.7 Å². The second kappa shape index (κ2) is 5.94. The van der Waals surface area contributed by atoms with Crippen molar-refractivity contribution in [3.05, 3.63) is 36.3 Å². The molecule has 1 aliphatic heterocycles. The minimum Gasteiger partial charge on any atom is -0.384 e. The van der Waals surface area contributed by atoms with E-state index >= 15 is 0 Å². The Bertz CT molecular complexity index is 714. The molecule has 2 aromatic rings. The van der Waals surface area contributed by atoms with E-state index in [-0.39, 0.29) is 24.0 Å². The number of aromatic nitrogens is 2. The van der Waals surface area contributed by atoms with E-state index in [9.17, 15) is 4.79 Å². The SMILES string of the molecule is COC[C@@H]1[C@H](NC(=O)Cc2cnc3ccccn23)[C@@H]2CCO[C@H]12. The van der Waals surface area contributed by atoms with E-state index in [2.05, 4.69) is 10.3 Å². The van der Waals surface area contributed by atoms with Gasteiger partial charge in [0.05, 0.1) is 24.8 Å². The maximum atomic E-state index is 12.5. The molecule has 6 nitrogen and oxygen atoms in total. The van der Waals surface area contributed by atoms with Gasteiger partial charge in [0.15, 0.2) is 0 Å². The molecule has 1 saturated heterocycles. The summed E-state index contributed by atoms with van der Waals surface area (Å²) >= 11 is 0. The number of rotatable bonds is 5. The predicted molar refractivity (Wildman–Crippen MR) is 84.0 cm³/mol. The van der Waals surface area contributed by atoms with Gasteiger partial charge in [-0.25, -0.2) is 4.98 Å². The summed E-state index contributed by atoms with van der Waals surface area (Å²) in [7, 11) is 1.69. The first-order valence-corrected chi connectivity index (χ1v) is 8.09. The quantitative estimate of drug-likeness (QED) is 0.895. The van der Waals surface area contributed by atoms with Crippen LogP contribution in [0.2, 0.25) is 0 Å². The Morgan fingerprint density at radius 1 is 1.52 bits per heavy atom.